The molecule has 0 spiro atoms. The predicted octanol–water partition coefficient (Wildman–Crippen LogP) is 2.30. The Morgan fingerprint density at radius 3 is 2.44 bits per heavy atom. The molecule has 0 bridgehead atoms. The maximum atomic E-state index is 4.37. The van der Waals surface area contributed by atoms with Crippen molar-refractivity contribution in [2.24, 2.45) is 12.5 Å². The second-order valence-electron chi connectivity index (χ2n) is 5.65. The lowest BCUT2D eigenvalue weighted by Gasteiger charge is -2.30. The van der Waals surface area contributed by atoms with E-state index in [-0.39, 0.29) is 0 Å². The lowest BCUT2D eigenvalue weighted by molar-refractivity contribution is 0.266. The van der Waals surface area contributed by atoms with Gasteiger partial charge < -0.3 is 5.32 Å². The van der Waals surface area contributed by atoms with Crippen molar-refractivity contribution in [1.82, 2.24) is 15.1 Å². The quantitative estimate of drug-likeness (QED) is 0.849. The summed E-state index contributed by atoms with van der Waals surface area (Å²) < 4.78 is 1.99. The average Bonchev–Trinajstić information content (AvgIpc) is 2.44. The topological polar surface area (TPSA) is 29.9 Å². The molecule has 16 heavy (non-hydrogen) atoms. The van der Waals surface area contributed by atoms with Crippen LogP contribution in [-0.4, -0.2) is 22.9 Å². The van der Waals surface area contributed by atoms with Crippen LogP contribution in [0.5, 0.6) is 0 Å². The summed E-state index contributed by atoms with van der Waals surface area (Å²) in [7, 11) is 4.07. The van der Waals surface area contributed by atoms with Gasteiger partial charge in [-0.25, -0.2) is 0 Å². The number of rotatable bonds is 4. The Bertz CT molecular complexity index is 333. The minimum Gasteiger partial charge on any atom is -0.316 e. The van der Waals surface area contributed by atoms with Crippen LogP contribution < -0.4 is 5.32 Å². The van der Waals surface area contributed by atoms with E-state index in [1.807, 2.05) is 25.7 Å². The Balaban J connectivity index is 2.60. The zero-order valence-electron chi connectivity index (χ0n) is 11.5. The van der Waals surface area contributed by atoms with Crippen LogP contribution in [0, 0.1) is 12.3 Å². The molecule has 0 saturated carbocycles. The molecule has 1 heterocycles. The number of aromatic nitrogens is 2. The molecule has 0 amide bonds. The number of nitrogens with zero attached hydrogens (tertiary/aromatic N) is 2. The molecule has 1 unspecified atom stereocenters. The third-order valence-electron chi connectivity index (χ3n) is 3.18. The van der Waals surface area contributed by atoms with Crippen molar-refractivity contribution >= 4 is 0 Å². The second-order valence-corrected chi connectivity index (χ2v) is 5.65. The highest BCUT2D eigenvalue weighted by Crippen LogP contribution is 2.22. The summed E-state index contributed by atoms with van der Waals surface area (Å²) in [5, 5.41) is 7.78. The normalized spacial score (nSPS) is 14.1. The van der Waals surface area contributed by atoms with Gasteiger partial charge in [0, 0.05) is 18.8 Å². The summed E-state index contributed by atoms with van der Waals surface area (Å²) in [4.78, 5) is 0. The highest BCUT2D eigenvalue weighted by atomic mass is 15.3. The highest BCUT2D eigenvalue weighted by Gasteiger charge is 2.22. The van der Waals surface area contributed by atoms with Gasteiger partial charge in [0.25, 0.3) is 0 Å². The Kier molecular flexibility index (Phi) is 4.14. The summed E-state index contributed by atoms with van der Waals surface area (Å²) in [6, 6.07) is 2.72. The molecule has 92 valence electrons. The maximum absolute atomic E-state index is 4.37. The van der Waals surface area contributed by atoms with Crippen LogP contribution in [0.1, 0.15) is 38.6 Å². The zero-order chi connectivity index (χ0) is 12.3. The number of hydrogen-bond acceptors (Lipinski definition) is 2. The largest absolute Gasteiger partial charge is 0.316 e. The first-order valence-corrected chi connectivity index (χ1v) is 6.01. The molecule has 3 heteroatoms. The molecule has 1 N–H and O–H groups in total. The molecule has 0 aromatic carbocycles. The fourth-order valence-electron chi connectivity index (χ4n) is 2.20. The molecule has 1 aromatic heterocycles. The van der Waals surface area contributed by atoms with E-state index >= 15 is 0 Å². The smallest absolute Gasteiger partial charge is 0.0596 e. The molecule has 0 radical (unpaired) electrons. The molecule has 0 aliphatic rings. The van der Waals surface area contributed by atoms with Crippen LogP contribution in [0.2, 0.25) is 0 Å². The monoisotopic (exact) mass is 223 g/mol. The molecule has 1 rings (SSSR count). The van der Waals surface area contributed by atoms with Crippen LogP contribution in [0.4, 0.5) is 0 Å². The van der Waals surface area contributed by atoms with Gasteiger partial charge in [-0.05, 0) is 38.3 Å². The first kappa shape index (κ1) is 13.2. The predicted molar refractivity (Wildman–Crippen MR) is 68.6 cm³/mol. The third-order valence-corrected chi connectivity index (χ3v) is 3.18. The Labute approximate surface area is 99.2 Å². The molecule has 1 aromatic rings. The zero-order valence-corrected chi connectivity index (χ0v) is 11.5. The minimum atomic E-state index is 0.308. The molecule has 3 nitrogen and oxygen atoms in total. The van der Waals surface area contributed by atoms with Crippen molar-refractivity contribution in [3.8, 4) is 0 Å². The standard InChI is InChI=1S/C13H25N3/c1-10-9-11(16(6)15-10)7-8-12(14-5)13(2,3)4/h9,12,14H,7-8H2,1-6H3. The summed E-state index contributed by atoms with van der Waals surface area (Å²) in [6.07, 6.45) is 2.24. The molecule has 0 aliphatic heterocycles. The van der Waals surface area contributed by atoms with Gasteiger partial charge in [0.1, 0.15) is 0 Å². The van der Waals surface area contributed by atoms with E-state index in [1.54, 1.807) is 0 Å². The van der Waals surface area contributed by atoms with Crippen LogP contribution in [-0.2, 0) is 13.5 Å². The molecule has 1 atom stereocenters. The van der Waals surface area contributed by atoms with Crippen LogP contribution >= 0.6 is 0 Å². The van der Waals surface area contributed by atoms with E-state index < -0.39 is 0 Å². The van der Waals surface area contributed by atoms with Gasteiger partial charge >= 0.3 is 0 Å². The van der Waals surface area contributed by atoms with E-state index in [9.17, 15) is 0 Å². The highest BCUT2D eigenvalue weighted by molar-refractivity contribution is 5.09. The Hall–Kier alpha value is -0.830. The van der Waals surface area contributed by atoms with Gasteiger partial charge in [0.15, 0.2) is 0 Å². The first-order chi connectivity index (χ1) is 7.34. The van der Waals surface area contributed by atoms with Crippen LogP contribution in [0.15, 0.2) is 6.07 Å². The fourth-order valence-corrected chi connectivity index (χ4v) is 2.20. The van der Waals surface area contributed by atoms with Crippen LogP contribution in [0.3, 0.4) is 0 Å². The average molecular weight is 223 g/mol. The van der Waals surface area contributed by atoms with Gasteiger partial charge in [-0.2, -0.15) is 5.10 Å². The Morgan fingerprint density at radius 1 is 1.44 bits per heavy atom. The van der Waals surface area contributed by atoms with E-state index in [1.165, 1.54) is 5.69 Å². The van der Waals surface area contributed by atoms with Crippen LogP contribution in [0.25, 0.3) is 0 Å². The minimum absolute atomic E-state index is 0.308. The Morgan fingerprint density at radius 2 is 2.06 bits per heavy atom. The SMILES string of the molecule is CNC(CCc1cc(C)nn1C)C(C)(C)C. The fraction of sp³-hybridized carbons (Fsp3) is 0.769. The lowest BCUT2D eigenvalue weighted by Crippen LogP contribution is -2.38. The second kappa shape index (κ2) is 5.00. The summed E-state index contributed by atoms with van der Waals surface area (Å²) >= 11 is 0. The first-order valence-electron chi connectivity index (χ1n) is 6.01. The van der Waals surface area contributed by atoms with Crippen molar-refractivity contribution in [3.63, 3.8) is 0 Å². The summed E-state index contributed by atoms with van der Waals surface area (Å²) in [5.41, 5.74) is 2.74. The van der Waals surface area contributed by atoms with Crippen molar-refractivity contribution in [2.45, 2.75) is 46.6 Å². The van der Waals surface area contributed by atoms with E-state index in [0.717, 1.165) is 18.5 Å². The van der Waals surface area contributed by atoms with Crippen molar-refractivity contribution in [2.75, 3.05) is 7.05 Å². The number of hydrogen-bond donors (Lipinski definition) is 1. The van der Waals surface area contributed by atoms with Gasteiger partial charge in [-0.3, -0.25) is 4.68 Å². The van der Waals surface area contributed by atoms with Gasteiger partial charge in [0.05, 0.1) is 5.69 Å². The molecule has 0 saturated heterocycles. The molecule has 0 aliphatic carbocycles. The maximum Gasteiger partial charge on any atom is 0.0596 e. The molecular weight excluding hydrogens is 198 g/mol. The van der Waals surface area contributed by atoms with Gasteiger partial charge in [-0.1, -0.05) is 20.8 Å². The summed E-state index contributed by atoms with van der Waals surface area (Å²) in [6.45, 7) is 8.89. The molecule has 0 fully saturated rings. The van der Waals surface area contributed by atoms with E-state index in [2.05, 4.69) is 37.3 Å². The molecular formula is C13H25N3. The number of nitrogens with one attached hydrogen (secondary N) is 1. The van der Waals surface area contributed by atoms with Crippen molar-refractivity contribution < 1.29 is 0 Å². The van der Waals surface area contributed by atoms with Gasteiger partial charge in [-0.15, -0.1) is 0 Å². The summed E-state index contributed by atoms with van der Waals surface area (Å²) in [5.74, 6) is 0. The van der Waals surface area contributed by atoms with E-state index in [0.29, 0.717) is 11.5 Å². The lowest BCUT2D eigenvalue weighted by atomic mass is 9.84. The van der Waals surface area contributed by atoms with E-state index in [4.69, 9.17) is 0 Å². The van der Waals surface area contributed by atoms with Gasteiger partial charge in [0.2, 0.25) is 0 Å². The van der Waals surface area contributed by atoms with Crippen molar-refractivity contribution in [1.29, 1.82) is 0 Å². The number of aryl methyl sites for hydroxylation is 3. The van der Waals surface area contributed by atoms with Crippen molar-refractivity contribution in [3.05, 3.63) is 17.5 Å². The third kappa shape index (κ3) is 3.34.